The Morgan fingerprint density at radius 1 is 1.44 bits per heavy atom. The van der Waals surface area contributed by atoms with Crippen LogP contribution in [0.4, 0.5) is 0 Å². The summed E-state index contributed by atoms with van der Waals surface area (Å²) < 4.78 is 5.80. The summed E-state index contributed by atoms with van der Waals surface area (Å²) >= 11 is 5.04. The first kappa shape index (κ1) is 11.4. The van der Waals surface area contributed by atoms with Crippen molar-refractivity contribution in [3.8, 4) is 0 Å². The van der Waals surface area contributed by atoms with Gasteiger partial charge in [-0.2, -0.15) is 0 Å². The van der Waals surface area contributed by atoms with Crippen LogP contribution in [0.3, 0.4) is 0 Å². The van der Waals surface area contributed by atoms with E-state index in [9.17, 15) is 0 Å². The molecule has 0 radical (unpaired) electrons. The van der Waals surface area contributed by atoms with Crippen LogP contribution in [0.5, 0.6) is 0 Å². The Kier molecular flexibility index (Phi) is 3.41. The van der Waals surface area contributed by atoms with Crippen LogP contribution in [0.25, 0.3) is 0 Å². The molecular formula is C12H16N2OS. The highest BCUT2D eigenvalue weighted by Gasteiger charge is 2.30. The van der Waals surface area contributed by atoms with Crippen molar-refractivity contribution in [1.82, 2.24) is 4.90 Å². The van der Waals surface area contributed by atoms with Crippen LogP contribution in [0.2, 0.25) is 0 Å². The molecule has 1 aromatic carbocycles. The Balaban J connectivity index is 2.19. The van der Waals surface area contributed by atoms with E-state index in [4.69, 9.17) is 22.7 Å². The number of hydrogen-bond donors (Lipinski definition) is 1. The fourth-order valence-corrected chi connectivity index (χ4v) is 2.37. The van der Waals surface area contributed by atoms with Crippen molar-refractivity contribution in [3.05, 3.63) is 35.9 Å². The van der Waals surface area contributed by atoms with Crippen molar-refractivity contribution < 1.29 is 4.74 Å². The number of rotatable bonds is 1. The van der Waals surface area contributed by atoms with Gasteiger partial charge in [-0.25, -0.2) is 0 Å². The molecule has 2 atom stereocenters. The van der Waals surface area contributed by atoms with Crippen molar-refractivity contribution in [2.24, 2.45) is 5.73 Å². The minimum Gasteiger partial charge on any atom is -0.376 e. The molecule has 0 spiro atoms. The van der Waals surface area contributed by atoms with E-state index in [0.29, 0.717) is 11.7 Å². The van der Waals surface area contributed by atoms with Crippen LogP contribution >= 0.6 is 12.2 Å². The van der Waals surface area contributed by atoms with Crippen LogP contribution < -0.4 is 5.73 Å². The molecule has 1 heterocycles. The molecule has 0 bridgehead atoms. The van der Waals surface area contributed by atoms with Crippen molar-refractivity contribution >= 4 is 17.3 Å². The van der Waals surface area contributed by atoms with Crippen molar-refractivity contribution in [2.45, 2.75) is 19.1 Å². The fraction of sp³-hybridized carbons (Fsp3) is 0.417. The van der Waals surface area contributed by atoms with Crippen molar-refractivity contribution in [3.63, 3.8) is 0 Å². The first-order valence-electron chi connectivity index (χ1n) is 5.43. The zero-order valence-electron chi connectivity index (χ0n) is 9.30. The van der Waals surface area contributed by atoms with Crippen molar-refractivity contribution in [2.75, 3.05) is 13.2 Å². The number of morpholine rings is 1. The van der Waals surface area contributed by atoms with Crippen molar-refractivity contribution in [1.29, 1.82) is 0 Å². The number of hydrogen-bond acceptors (Lipinski definition) is 2. The topological polar surface area (TPSA) is 38.5 Å². The summed E-state index contributed by atoms with van der Waals surface area (Å²) in [5, 5.41) is 0.455. The first-order valence-corrected chi connectivity index (χ1v) is 5.83. The molecule has 0 saturated carbocycles. The third-order valence-corrected chi connectivity index (χ3v) is 3.21. The monoisotopic (exact) mass is 236 g/mol. The number of benzene rings is 1. The second kappa shape index (κ2) is 4.80. The molecule has 3 nitrogen and oxygen atoms in total. The highest BCUT2D eigenvalue weighted by atomic mass is 32.1. The van der Waals surface area contributed by atoms with E-state index in [1.54, 1.807) is 0 Å². The second-order valence-corrected chi connectivity index (χ2v) is 4.39. The Labute approximate surface area is 101 Å². The van der Waals surface area contributed by atoms with Crippen LogP contribution in [0.15, 0.2) is 30.3 Å². The molecule has 1 fully saturated rings. The zero-order valence-corrected chi connectivity index (χ0v) is 10.1. The van der Waals surface area contributed by atoms with E-state index in [-0.39, 0.29) is 12.1 Å². The van der Waals surface area contributed by atoms with Gasteiger partial charge in [-0.1, -0.05) is 30.3 Å². The molecule has 0 aliphatic carbocycles. The summed E-state index contributed by atoms with van der Waals surface area (Å²) in [5.74, 6) is 0. The van der Waals surface area contributed by atoms with Gasteiger partial charge in [-0.15, -0.1) is 0 Å². The molecule has 16 heavy (non-hydrogen) atoms. The lowest BCUT2D eigenvalue weighted by molar-refractivity contribution is -0.0408. The third kappa shape index (κ3) is 2.18. The van der Waals surface area contributed by atoms with Gasteiger partial charge in [0, 0.05) is 6.54 Å². The zero-order chi connectivity index (χ0) is 11.5. The van der Waals surface area contributed by atoms with Gasteiger partial charge < -0.3 is 15.4 Å². The van der Waals surface area contributed by atoms with Gasteiger partial charge in [-0.3, -0.25) is 0 Å². The normalized spacial score (nSPS) is 25.4. The van der Waals surface area contributed by atoms with Gasteiger partial charge in [0.2, 0.25) is 0 Å². The lowest BCUT2D eigenvalue weighted by atomic mass is 10.0. The summed E-state index contributed by atoms with van der Waals surface area (Å²) in [7, 11) is 0. The molecular weight excluding hydrogens is 220 g/mol. The second-order valence-electron chi connectivity index (χ2n) is 3.97. The summed E-state index contributed by atoms with van der Waals surface area (Å²) in [6.45, 7) is 3.54. The molecule has 1 aliphatic rings. The molecule has 2 rings (SSSR count). The maximum atomic E-state index is 5.80. The first-order chi connectivity index (χ1) is 7.70. The molecule has 0 amide bonds. The van der Waals surface area contributed by atoms with E-state index in [1.165, 1.54) is 5.56 Å². The van der Waals surface area contributed by atoms with Gasteiger partial charge in [-0.05, 0) is 24.7 Å². The summed E-state index contributed by atoms with van der Waals surface area (Å²) in [6.07, 6.45) is 0.0523. The average Bonchev–Trinajstić information content (AvgIpc) is 2.30. The van der Waals surface area contributed by atoms with E-state index in [0.717, 1.165) is 6.54 Å². The highest BCUT2D eigenvalue weighted by Crippen LogP contribution is 2.27. The maximum absolute atomic E-state index is 5.80. The standard InChI is InChI=1S/C12H16N2OS/c1-9-11(10-5-3-2-4-6-10)15-8-7-14(9)12(13)16/h2-6,9,11H,7-8H2,1H3,(H2,13,16). The van der Waals surface area contributed by atoms with Gasteiger partial charge in [0.05, 0.1) is 12.6 Å². The van der Waals surface area contributed by atoms with Gasteiger partial charge in [0.25, 0.3) is 0 Å². The molecule has 2 unspecified atom stereocenters. The van der Waals surface area contributed by atoms with Gasteiger partial charge in [0.15, 0.2) is 5.11 Å². The molecule has 1 aromatic rings. The van der Waals surface area contributed by atoms with Gasteiger partial charge in [0.1, 0.15) is 6.10 Å². The Morgan fingerprint density at radius 2 is 2.12 bits per heavy atom. The number of thiocarbonyl (C=S) groups is 1. The minimum atomic E-state index is 0.0523. The molecule has 1 saturated heterocycles. The molecule has 0 aromatic heterocycles. The highest BCUT2D eigenvalue weighted by molar-refractivity contribution is 7.80. The molecule has 2 N–H and O–H groups in total. The Morgan fingerprint density at radius 3 is 2.75 bits per heavy atom. The Hall–Kier alpha value is -1.13. The minimum absolute atomic E-state index is 0.0523. The van der Waals surface area contributed by atoms with E-state index >= 15 is 0 Å². The quantitative estimate of drug-likeness (QED) is 0.753. The number of nitrogens with zero attached hydrogens (tertiary/aromatic N) is 1. The van der Waals surface area contributed by atoms with Crippen LogP contribution in [0.1, 0.15) is 18.6 Å². The van der Waals surface area contributed by atoms with Crippen LogP contribution in [-0.2, 0) is 4.74 Å². The van der Waals surface area contributed by atoms with E-state index in [2.05, 4.69) is 19.1 Å². The van der Waals surface area contributed by atoms with E-state index in [1.807, 2.05) is 23.1 Å². The van der Waals surface area contributed by atoms with Crippen LogP contribution in [0, 0.1) is 0 Å². The SMILES string of the molecule is CC1C(c2ccccc2)OCCN1C(N)=S. The fourth-order valence-electron chi connectivity index (χ4n) is 2.11. The largest absolute Gasteiger partial charge is 0.376 e. The summed E-state index contributed by atoms with van der Waals surface area (Å²) in [5.41, 5.74) is 6.88. The predicted molar refractivity (Wildman–Crippen MR) is 68.1 cm³/mol. The number of ether oxygens (including phenoxy) is 1. The smallest absolute Gasteiger partial charge is 0.166 e. The van der Waals surface area contributed by atoms with E-state index < -0.39 is 0 Å². The molecule has 4 heteroatoms. The lowest BCUT2D eigenvalue weighted by Gasteiger charge is -2.39. The van der Waals surface area contributed by atoms with Crippen LogP contribution in [-0.4, -0.2) is 29.2 Å². The summed E-state index contributed by atoms with van der Waals surface area (Å²) in [6, 6.07) is 10.4. The summed E-state index contributed by atoms with van der Waals surface area (Å²) in [4.78, 5) is 2.02. The maximum Gasteiger partial charge on any atom is 0.166 e. The Bertz CT molecular complexity index is 369. The van der Waals surface area contributed by atoms with Gasteiger partial charge >= 0.3 is 0 Å². The molecule has 1 aliphatic heterocycles. The average molecular weight is 236 g/mol. The lowest BCUT2D eigenvalue weighted by Crippen LogP contribution is -2.50. The molecule has 86 valence electrons. The third-order valence-electron chi connectivity index (χ3n) is 2.97. The predicted octanol–water partition coefficient (Wildman–Crippen LogP) is 1.69. The number of nitrogens with two attached hydrogens (primary N) is 1.